The molecule has 0 saturated heterocycles. The summed E-state index contributed by atoms with van der Waals surface area (Å²) in [5.74, 6) is 0.776. The van der Waals surface area contributed by atoms with Crippen molar-refractivity contribution in [3.8, 4) is 5.75 Å². The molecule has 0 bridgehead atoms. The first kappa shape index (κ1) is 15.9. The van der Waals surface area contributed by atoms with Crippen LogP contribution < -0.4 is 10.1 Å². The van der Waals surface area contributed by atoms with E-state index in [2.05, 4.69) is 5.32 Å². The highest BCUT2D eigenvalue weighted by molar-refractivity contribution is 5.29. The monoisotopic (exact) mass is 273 g/mol. The molecule has 0 aliphatic carbocycles. The Morgan fingerprint density at radius 3 is 2.21 bits per heavy atom. The molecule has 3 nitrogen and oxygen atoms in total. The van der Waals surface area contributed by atoms with Crippen LogP contribution in [0.4, 0.5) is 8.78 Å². The lowest BCUT2D eigenvalue weighted by Crippen LogP contribution is -2.33. The third-order valence-electron chi connectivity index (χ3n) is 2.68. The number of benzene rings is 1. The van der Waals surface area contributed by atoms with E-state index in [4.69, 9.17) is 9.84 Å². The van der Waals surface area contributed by atoms with Gasteiger partial charge in [-0.2, -0.15) is 0 Å². The van der Waals surface area contributed by atoms with Crippen molar-refractivity contribution in [2.24, 2.45) is 0 Å². The summed E-state index contributed by atoms with van der Waals surface area (Å²) in [6.07, 6.45) is -4.24. The van der Waals surface area contributed by atoms with Crippen molar-refractivity contribution in [1.82, 2.24) is 5.32 Å². The molecular formula is C14H21F2NO2. The third kappa shape index (κ3) is 5.53. The van der Waals surface area contributed by atoms with Gasteiger partial charge in [-0.25, -0.2) is 8.78 Å². The second-order valence-electron chi connectivity index (χ2n) is 4.77. The van der Waals surface area contributed by atoms with Gasteiger partial charge in [0.2, 0.25) is 0 Å². The Kier molecular flexibility index (Phi) is 6.18. The molecule has 1 rings (SSSR count). The molecule has 1 aromatic carbocycles. The van der Waals surface area contributed by atoms with Crippen LogP contribution in [0.1, 0.15) is 32.4 Å². The molecule has 2 atom stereocenters. The van der Waals surface area contributed by atoms with Crippen molar-refractivity contribution < 1.29 is 18.6 Å². The van der Waals surface area contributed by atoms with E-state index in [9.17, 15) is 8.78 Å². The van der Waals surface area contributed by atoms with E-state index in [1.54, 1.807) is 0 Å². The van der Waals surface area contributed by atoms with Crippen LogP contribution in [0.2, 0.25) is 0 Å². The summed E-state index contributed by atoms with van der Waals surface area (Å²) in [5, 5.41) is 11.9. The summed E-state index contributed by atoms with van der Waals surface area (Å²) < 4.78 is 29.8. The van der Waals surface area contributed by atoms with Crippen LogP contribution in [0.5, 0.6) is 5.75 Å². The summed E-state index contributed by atoms with van der Waals surface area (Å²) in [5.41, 5.74) is 0.956. The van der Waals surface area contributed by atoms with Gasteiger partial charge in [-0.3, -0.25) is 0 Å². The normalized spacial score (nSPS) is 14.7. The van der Waals surface area contributed by atoms with E-state index in [0.717, 1.165) is 11.3 Å². The van der Waals surface area contributed by atoms with Gasteiger partial charge in [0.15, 0.2) is 0 Å². The number of nitrogens with one attached hydrogen (secondary N) is 1. The van der Waals surface area contributed by atoms with Crippen molar-refractivity contribution in [1.29, 1.82) is 0 Å². The Bertz CT molecular complexity index is 368. The van der Waals surface area contributed by atoms with Crippen LogP contribution in [-0.4, -0.2) is 30.3 Å². The Labute approximate surface area is 112 Å². The SMILES string of the molecule is CC(C)Oc1ccc(C(C)NCC(O)C(F)F)cc1. The molecule has 2 unspecified atom stereocenters. The standard InChI is InChI=1S/C14H21F2NO2/c1-9(2)19-12-6-4-11(5-7-12)10(3)17-8-13(18)14(15)16/h4-7,9-10,13-14,17-18H,8H2,1-3H3. The minimum atomic E-state index is -2.72. The maximum Gasteiger partial charge on any atom is 0.265 e. The molecule has 0 spiro atoms. The Balaban J connectivity index is 2.50. The van der Waals surface area contributed by atoms with Gasteiger partial charge in [0.25, 0.3) is 6.43 Å². The number of ether oxygens (including phenoxy) is 1. The van der Waals surface area contributed by atoms with Gasteiger partial charge in [0.05, 0.1) is 6.10 Å². The van der Waals surface area contributed by atoms with Crippen molar-refractivity contribution in [2.45, 2.75) is 45.4 Å². The first-order valence-electron chi connectivity index (χ1n) is 6.36. The zero-order valence-corrected chi connectivity index (χ0v) is 11.4. The molecule has 0 aromatic heterocycles. The molecule has 2 N–H and O–H groups in total. The van der Waals surface area contributed by atoms with E-state index in [1.807, 2.05) is 45.0 Å². The van der Waals surface area contributed by atoms with Crippen LogP contribution in [-0.2, 0) is 0 Å². The molecule has 0 radical (unpaired) electrons. The van der Waals surface area contributed by atoms with Gasteiger partial charge < -0.3 is 15.2 Å². The molecule has 1 aromatic rings. The fourth-order valence-electron chi connectivity index (χ4n) is 1.61. The van der Waals surface area contributed by atoms with Crippen molar-refractivity contribution >= 4 is 0 Å². The third-order valence-corrected chi connectivity index (χ3v) is 2.68. The average Bonchev–Trinajstić information content (AvgIpc) is 2.35. The first-order valence-corrected chi connectivity index (χ1v) is 6.36. The molecule has 0 amide bonds. The maximum atomic E-state index is 12.1. The molecule has 108 valence electrons. The lowest BCUT2D eigenvalue weighted by Gasteiger charge is -2.17. The van der Waals surface area contributed by atoms with Crippen LogP contribution in [0.25, 0.3) is 0 Å². The van der Waals surface area contributed by atoms with Gasteiger partial charge in [-0.15, -0.1) is 0 Å². The highest BCUT2D eigenvalue weighted by Gasteiger charge is 2.17. The maximum absolute atomic E-state index is 12.1. The number of hydrogen-bond donors (Lipinski definition) is 2. The highest BCUT2D eigenvalue weighted by atomic mass is 19.3. The van der Waals surface area contributed by atoms with Crippen LogP contribution in [0.3, 0.4) is 0 Å². The fraction of sp³-hybridized carbons (Fsp3) is 0.571. The smallest absolute Gasteiger partial charge is 0.265 e. The van der Waals surface area contributed by atoms with Gasteiger partial charge in [-0.05, 0) is 38.5 Å². The van der Waals surface area contributed by atoms with Gasteiger partial charge in [-0.1, -0.05) is 12.1 Å². The average molecular weight is 273 g/mol. The number of hydrogen-bond acceptors (Lipinski definition) is 3. The van der Waals surface area contributed by atoms with E-state index >= 15 is 0 Å². The van der Waals surface area contributed by atoms with Crippen LogP contribution >= 0.6 is 0 Å². The number of alkyl halides is 2. The summed E-state index contributed by atoms with van der Waals surface area (Å²) in [4.78, 5) is 0. The zero-order valence-electron chi connectivity index (χ0n) is 11.4. The Morgan fingerprint density at radius 1 is 1.16 bits per heavy atom. The Hall–Kier alpha value is -1.20. The largest absolute Gasteiger partial charge is 0.491 e. The van der Waals surface area contributed by atoms with E-state index < -0.39 is 12.5 Å². The predicted octanol–water partition coefficient (Wildman–Crippen LogP) is 2.75. The molecular weight excluding hydrogens is 252 g/mol. The van der Waals surface area contributed by atoms with Crippen molar-refractivity contribution in [3.05, 3.63) is 29.8 Å². The predicted molar refractivity (Wildman–Crippen MR) is 70.6 cm³/mol. The fourth-order valence-corrected chi connectivity index (χ4v) is 1.61. The molecule has 0 heterocycles. The number of rotatable bonds is 7. The summed E-state index contributed by atoms with van der Waals surface area (Å²) in [7, 11) is 0. The minimum absolute atomic E-state index is 0.110. The second-order valence-corrected chi connectivity index (χ2v) is 4.77. The second kappa shape index (κ2) is 7.40. The number of aliphatic hydroxyl groups excluding tert-OH is 1. The van der Waals surface area contributed by atoms with Crippen molar-refractivity contribution in [3.63, 3.8) is 0 Å². The summed E-state index contributed by atoms with van der Waals surface area (Å²) >= 11 is 0. The minimum Gasteiger partial charge on any atom is -0.491 e. The molecule has 5 heteroatoms. The van der Waals surface area contributed by atoms with Gasteiger partial charge >= 0.3 is 0 Å². The first-order chi connectivity index (χ1) is 8.90. The lowest BCUT2D eigenvalue weighted by molar-refractivity contribution is -0.00439. The molecule has 0 fully saturated rings. The lowest BCUT2D eigenvalue weighted by atomic mass is 10.1. The highest BCUT2D eigenvalue weighted by Crippen LogP contribution is 2.18. The van der Waals surface area contributed by atoms with E-state index in [1.165, 1.54) is 0 Å². The Morgan fingerprint density at radius 2 is 1.74 bits per heavy atom. The van der Waals surface area contributed by atoms with Gasteiger partial charge in [0, 0.05) is 12.6 Å². The topological polar surface area (TPSA) is 41.5 Å². The molecule has 0 aliphatic heterocycles. The zero-order chi connectivity index (χ0) is 14.4. The van der Waals surface area contributed by atoms with Crippen LogP contribution in [0, 0.1) is 0 Å². The number of aliphatic hydroxyl groups is 1. The quantitative estimate of drug-likeness (QED) is 0.802. The molecule has 0 saturated carbocycles. The van der Waals surface area contributed by atoms with Crippen LogP contribution in [0.15, 0.2) is 24.3 Å². The molecule has 0 aliphatic rings. The molecule has 19 heavy (non-hydrogen) atoms. The summed E-state index contributed by atoms with van der Waals surface area (Å²) in [6, 6.07) is 7.34. The number of halogens is 2. The van der Waals surface area contributed by atoms with E-state index in [-0.39, 0.29) is 18.7 Å². The summed E-state index contributed by atoms with van der Waals surface area (Å²) in [6.45, 7) is 5.62. The van der Waals surface area contributed by atoms with Gasteiger partial charge in [0.1, 0.15) is 11.9 Å². The van der Waals surface area contributed by atoms with E-state index in [0.29, 0.717) is 0 Å². The van der Waals surface area contributed by atoms with Crippen molar-refractivity contribution in [2.75, 3.05) is 6.54 Å².